The van der Waals surface area contributed by atoms with Crippen LogP contribution in [0.3, 0.4) is 0 Å². The third kappa shape index (κ3) is 4.68. The first-order valence-corrected chi connectivity index (χ1v) is 11.3. The Morgan fingerprint density at radius 2 is 1.91 bits per heavy atom. The van der Waals surface area contributed by atoms with E-state index in [0.717, 1.165) is 25.7 Å². The minimum absolute atomic E-state index is 0.0449. The molecular formula is C23H27N5O5. The lowest BCUT2D eigenvalue weighted by atomic mass is 9.93. The van der Waals surface area contributed by atoms with E-state index in [9.17, 15) is 15.0 Å². The quantitative estimate of drug-likeness (QED) is 0.480. The number of benzene rings is 1. The van der Waals surface area contributed by atoms with Gasteiger partial charge < -0.3 is 25.0 Å². The molecule has 0 spiro atoms. The first kappa shape index (κ1) is 21.7. The van der Waals surface area contributed by atoms with E-state index in [2.05, 4.69) is 20.3 Å². The molecule has 10 heteroatoms. The maximum atomic E-state index is 12.2. The van der Waals surface area contributed by atoms with Gasteiger partial charge in [-0.2, -0.15) is 0 Å². The number of nitrogens with one attached hydrogen (secondary N) is 1. The van der Waals surface area contributed by atoms with E-state index in [0.29, 0.717) is 29.0 Å². The van der Waals surface area contributed by atoms with E-state index in [1.807, 2.05) is 6.07 Å². The monoisotopic (exact) mass is 453 g/mol. The molecule has 1 saturated heterocycles. The fourth-order valence-electron chi connectivity index (χ4n) is 4.47. The summed E-state index contributed by atoms with van der Waals surface area (Å²) in [5.41, 5.74) is 1.62. The van der Waals surface area contributed by atoms with Crippen LogP contribution in [0.25, 0.3) is 11.2 Å². The summed E-state index contributed by atoms with van der Waals surface area (Å²) >= 11 is 0. The minimum atomic E-state index is -0.797. The fourth-order valence-corrected chi connectivity index (χ4v) is 4.47. The van der Waals surface area contributed by atoms with Crippen molar-refractivity contribution in [3.63, 3.8) is 0 Å². The van der Waals surface area contributed by atoms with Crippen LogP contribution in [0, 0.1) is 0 Å². The van der Waals surface area contributed by atoms with E-state index in [1.54, 1.807) is 35.2 Å². The number of fused-ring (bicyclic) bond motifs is 1. The standard InChI is InChI=1S/C23H27N5O5/c29-16-8-6-15(7-9-16)27-20-19-21(25-12-24-20)28(13-26-19)22-18(30)10-17(33-22)11-32-23(31)14-4-2-1-3-5-14/h1-5,12-13,15-18,22,29-30H,6-11H2,(H,24,25,27)/t15?,16?,17-,18-,22-/m1/s1. The van der Waals surface area contributed by atoms with Crippen molar-refractivity contribution < 1.29 is 24.5 Å². The first-order chi connectivity index (χ1) is 16.1. The van der Waals surface area contributed by atoms with Gasteiger partial charge in [0.05, 0.1) is 24.1 Å². The van der Waals surface area contributed by atoms with Crippen LogP contribution in [-0.4, -0.2) is 66.7 Å². The second-order valence-corrected chi connectivity index (χ2v) is 8.61. The topological polar surface area (TPSA) is 132 Å². The number of carbonyl (C=O) groups excluding carboxylic acids is 1. The predicted molar refractivity (Wildman–Crippen MR) is 118 cm³/mol. The number of nitrogens with zero attached hydrogens (tertiary/aromatic N) is 4. The number of rotatable bonds is 6. The van der Waals surface area contributed by atoms with Gasteiger partial charge >= 0.3 is 5.97 Å². The number of ether oxygens (including phenoxy) is 2. The van der Waals surface area contributed by atoms with E-state index in [4.69, 9.17) is 9.47 Å². The van der Waals surface area contributed by atoms with Crippen molar-refractivity contribution in [2.75, 3.05) is 11.9 Å². The van der Waals surface area contributed by atoms with Gasteiger partial charge in [0.15, 0.2) is 23.2 Å². The maximum Gasteiger partial charge on any atom is 0.338 e. The van der Waals surface area contributed by atoms with E-state index in [1.165, 1.54) is 6.33 Å². The maximum absolute atomic E-state index is 12.2. The van der Waals surface area contributed by atoms with Crippen LogP contribution in [-0.2, 0) is 9.47 Å². The molecule has 3 heterocycles. The Kier molecular flexibility index (Phi) is 6.21. The zero-order valence-corrected chi connectivity index (χ0v) is 18.1. The van der Waals surface area contributed by atoms with Crippen molar-refractivity contribution in [1.29, 1.82) is 0 Å². The third-order valence-electron chi connectivity index (χ3n) is 6.25. The Morgan fingerprint density at radius 1 is 1.12 bits per heavy atom. The molecule has 0 bridgehead atoms. The zero-order valence-electron chi connectivity index (χ0n) is 18.1. The molecule has 1 saturated carbocycles. The highest BCUT2D eigenvalue weighted by Crippen LogP contribution is 2.32. The van der Waals surface area contributed by atoms with Gasteiger partial charge in [0.1, 0.15) is 19.0 Å². The number of esters is 1. The van der Waals surface area contributed by atoms with Gasteiger partial charge in [0.25, 0.3) is 0 Å². The lowest BCUT2D eigenvalue weighted by Gasteiger charge is -2.26. The molecule has 0 unspecified atom stereocenters. The van der Waals surface area contributed by atoms with Gasteiger partial charge in [-0.05, 0) is 37.8 Å². The van der Waals surface area contributed by atoms with E-state index < -0.39 is 24.4 Å². The molecule has 10 nitrogen and oxygen atoms in total. The summed E-state index contributed by atoms with van der Waals surface area (Å²) in [5, 5.41) is 23.8. The largest absolute Gasteiger partial charge is 0.459 e. The molecular weight excluding hydrogens is 426 g/mol. The molecule has 33 heavy (non-hydrogen) atoms. The molecule has 3 N–H and O–H groups in total. The molecule has 0 amide bonds. The van der Waals surface area contributed by atoms with Gasteiger partial charge in [-0.15, -0.1) is 0 Å². The van der Waals surface area contributed by atoms with Crippen LogP contribution in [0.15, 0.2) is 43.0 Å². The number of aliphatic hydroxyl groups is 2. The molecule has 2 aliphatic rings. The van der Waals surface area contributed by atoms with E-state index in [-0.39, 0.29) is 18.8 Å². The summed E-state index contributed by atoms with van der Waals surface area (Å²) in [5.74, 6) is 0.199. The molecule has 2 aromatic heterocycles. The van der Waals surface area contributed by atoms with Crippen molar-refractivity contribution in [1.82, 2.24) is 19.5 Å². The minimum Gasteiger partial charge on any atom is -0.459 e. The average Bonchev–Trinajstić information content (AvgIpc) is 3.43. The Hall–Kier alpha value is -3.08. The van der Waals surface area contributed by atoms with Gasteiger partial charge in [-0.3, -0.25) is 4.57 Å². The molecule has 0 radical (unpaired) electrons. The number of hydrogen-bond acceptors (Lipinski definition) is 9. The smallest absolute Gasteiger partial charge is 0.338 e. The van der Waals surface area contributed by atoms with Crippen molar-refractivity contribution in [3.05, 3.63) is 48.5 Å². The summed E-state index contributed by atoms with van der Waals surface area (Å²) in [4.78, 5) is 25.4. The number of aliphatic hydroxyl groups excluding tert-OH is 2. The summed E-state index contributed by atoms with van der Waals surface area (Å²) in [7, 11) is 0. The summed E-state index contributed by atoms with van der Waals surface area (Å²) in [6.07, 6.45) is 4.46. The highest BCUT2D eigenvalue weighted by Gasteiger charge is 2.37. The molecule has 1 aliphatic carbocycles. The zero-order chi connectivity index (χ0) is 22.8. The molecule has 2 fully saturated rings. The summed E-state index contributed by atoms with van der Waals surface area (Å²) in [6.45, 7) is 0.0449. The highest BCUT2D eigenvalue weighted by atomic mass is 16.6. The van der Waals surface area contributed by atoms with Gasteiger partial charge in [-0.1, -0.05) is 18.2 Å². The van der Waals surface area contributed by atoms with E-state index >= 15 is 0 Å². The molecule has 3 aromatic rings. The lowest BCUT2D eigenvalue weighted by molar-refractivity contribution is -0.0531. The van der Waals surface area contributed by atoms with Crippen LogP contribution < -0.4 is 5.32 Å². The second-order valence-electron chi connectivity index (χ2n) is 8.61. The SMILES string of the molecule is O=C(OC[C@H]1C[C@@H](O)[C@H](n2cnc3c(NC4CCC(O)CC4)ncnc32)O1)c1ccccc1. The van der Waals surface area contributed by atoms with Gasteiger partial charge in [-0.25, -0.2) is 19.7 Å². The fraction of sp³-hybridized carbons (Fsp3) is 0.478. The predicted octanol–water partition coefficient (Wildman–Crippen LogP) is 2.05. The van der Waals surface area contributed by atoms with Crippen molar-refractivity contribution in [2.45, 2.75) is 62.7 Å². The number of imidazole rings is 1. The van der Waals surface area contributed by atoms with Crippen molar-refractivity contribution >= 4 is 23.0 Å². The first-order valence-electron chi connectivity index (χ1n) is 11.3. The molecule has 1 aliphatic heterocycles. The van der Waals surface area contributed by atoms with Crippen molar-refractivity contribution in [2.24, 2.45) is 0 Å². The molecule has 174 valence electrons. The number of aromatic nitrogens is 4. The van der Waals surface area contributed by atoms with Crippen LogP contribution in [0.4, 0.5) is 5.82 Å². The summed E-state index contributed by atoms with van der Waals surface area (Å²) < 4.78 is 13.1. The van der Waals surface area contributed by atoms with Crippen molar-refractivity contribution in [3.8, 4) is 0 Å². The third-order valence-corrected chi connectivity index (χ3v) is 6.25. The Bertz CT molecular complexity index is 1100. The molecule has 1 aromatic carbocycles. The second kappa shape index (κ2) is 9.42. The lowest BCUT2D eigenvalue weighted by Crippen LogP contribution is -2.28. The number of carbonyl (C=O) groups is 1. The van der Waals surface area contributed by atoms with Crippen LogP contribution in [0.5, 0.6) is 0 Å². The Morgan fingerprint density at radius 3 is 2.70 bits per heavy atom. The van der Waals surface area contributed by atoms with Gasteiger partial charge in [0, 0.05) is 12.5 Å². The normalized spacial score (nSPS) is 27.5. The van der Waals surface area contributed by atoms with Crippen LogP contribution in [0.1, 0.15) is 48.7 Å². The summed E-state index contributed by atoms with van der Waals surface area (Å²) in [6, 6.07) is 8.97. The van der Waals surface area contributed by atoms with Crippen LogP contribution in [0.2, 0.25) is 0 Å². The Balaban J connectivity index is 1.26. The number of hydrogen-bond donors (Lipinski definition) is 3. The van der Waals surface area contributed by atoms with Gasteiger partial charge in [0.2, 0.25) is 0 Å². The average molecular weight is 453 g/mol. The molecule has 5 rings (SSSR count). The Labute approximate surface area is 190 Å². The molecule has 3 atom stereocenters. The number of anilines is 1. The van der Waals surface area contributed by atoms with Crippen LogP contribution >= 0.6 is 0 Å². The highest BCUT2D eigenvalue weighted by molar-refractivity contribution is 5.89.